The summed E-state index contributed by atoms with van der Waals surface area (Å²) in [4.78, 5) is 29.8. The fraction of sp³-hybridized carbons (Fsp3) is 0.267. The number of hydrogen-bond acceptors (Lipinski definition) is 6. The van der Waals surface area contributed by atoms with E-state index in [1.165, 1.54) is 17.2 Å². The van der Waals surface area contributed by atoms with Crippen molar-refractivity contribution in [3.63, 3.8) is 0 Å². The fourth-order valence-corrected chi connectivity index (χ4v) is 3.39. The van der Waals surface area contributed by atoms with Crippen LogP contribution in [0, 0.1) is 6.92 Å². The normalized spacial score (nSPS) is 12.5. The SMILES string of the molecule is Cc1c(C(=O)NC(CO)c2ccco2)sc2ncn(C)c(=O)c12. The second-order valence-corrected chi connectivity index (χ2v) is 6.12. The third kappa shape index (κ3) is 2.66. The average Bonchev–Trinajstić information content (AvgIpc) is 3.17. The molecule has 120 valence electrons. The van der Waals surface area contributed by atoms with Crippen LogP contribution in [-0.2, 0) is 7.05 Å². The molecule has 0 spiro atoms. The molecule has 8 heteroatoms. The van der Waals surface area contributed by atoms with Gasteiger partial charge in [0.05, 0.1) is 29.5 Å². The van der Waals surface area contributed by atoms with Crippen LogP contribution in [0.5, 0.6) is 0 Å². The first kappa shape index (κ1) is 15.4. The first-order valence-corrected chi connectivity index (χ1v) is 7.74. The van der Waals surface area contributed by atoms with Crippen LogP contribution in [0.25, 0.3) is 10.2 Å². The molecule has 7 nitrogen and oxygen atoms in total. The van der Waals surface area contributed by atoms with Crippen molar-refractivity contribution < 1.29 is 14.3 Å². The molecule has 0 aliphatic rings. The number of carbonyl (C=O) groups excluding carboxylic acids is 1. The highest BCUT2D eigenvalue weighted by molar-refractivity contribution is 7.20. The zero-order valence-electron chi connectivity index (χ0n) is 12.6. The van der Waals surface area contributed by atoms with Crippen LogP contribution in [-0.4, -0.2) is 27.2 Å². The third-order valence-corrected chi connectivity index (χ3v) is 4.79. The molecule has 0 aliphatic carbocycles. The number of nitrogens with zero attached hydrogens (tertiary/aromatic N) is 2. The number of aryl methyl sites for hydroxylation is 2. The van der Waals surface area contributed by atoms with E-state index in [0.29, 0.717) is 26.4 Å². The van der Waals surface area contributed by atoms with Gasteiger partial charge in [-0.3, -0.25) is 9.59 Å². The minimum atomic E-state index is -0.641. The second kappa shape index (κ2) is 5.98. The standard InChI is InChI=1S/C15H15N3O4S/c1-8-11-14(16-7-18(2)15(11)21)23-12(8)13(20)17-9(6-19)10-4-3-5-22-10/h3-5,7,9,19H,6H2,1-2H3,(H,17,20). The maximum absolute atomic E-state index is 12.5. The predicted octanol–water partition coefficient (Wildman–Crippen LogP) is 1.36. The van der Waals surface area contributed by atoms with Crippen molar-refractivity contribution in [3.05, 3.63) is 51.3 Å². The summed E-state index contributed by atoms with van der Waals surface area (Å²) in [6.45, 7) is 1.43. The molecule has 1 atom stereocenters. The van der Waals surface area contributed by atoms with Gasteiger partial charge >= 0.3 is 0 Å². The molecule has 23 heavy (non-hydrogen) atoms. The van der Waals surface area contributed by atoms with Crippen LogP contribution in [0.2, 0.25) is 0 Å². The molecule has 0 saturated heterocycles. The summed E-state index contributed by atoms with van der Waals surface area (Å²) < 4.78 is 6.59. The van der Waals surface area contributed by atoms with Gasteiger partial charge in [0.15, 0.2) is 0 Å². The van der Waals surface area contributed by atoms with Crippen molar-refractivity contribution in [1.29, 1.82) is 0 Å². The van der Waals surface area contributed by atoms with Gasteiger partial charge in [0.25, 0.3) is 11.5 Å². The Hall–Kier alpha value is -2.45. The predicted molar refractivity (Wildman–Crippen MR) is 85.6 cm³/mol. The largest absolute Gasteiger partial charge is 0.467 e. The number of furan rings is 1. The Bertz CT molecular complexity index is 911. The van der Waals surface area contributed by atoms with Crippen LogP contribution in [0.15, 0.2) is 33.9 Å². The Balaban J connectivity index is 1.97. The lowest BCUT2D eigenvalue weighted by Gasteiger charge is -2.13. The molecule has 3 aromatic heterocycles. The number of aromatic nitrogens is 2. The highest BCUT2D eigenvalue weighted by Crippen LogP contribution is 2.27. The maximum atomic E-state index is 12.5. The van der Waals surface area contributed by atoms with Gasteiger partial charge in [-0.05, 0) is 24.6 Å². The van der Waals surface area contributed by atoms with E-state index in [-0.39, 0.29) is 18.1 Å². The Kier molecular flexibility index (Phi) is 4.01. The molecule has 0 fully saturated rings. The van der Waals surface area contributed by atoms with Gasteiger partial charge in [-0.25, -0.2) is 4.98 Å². The lowest BCUT2D eigenvalue weighted by atomic mass is 10.2. The van der Waals surface area contributed by atoms with Crippen LogP contribution in [0.3, 0.4) is 0 Å². The summed E-state index contributed by atoms with van der Waals surface area (Å²) in [7, 11) is 1.62. The summed E-state index contributed by atoms with van der Waals surface area (Å²) in [5, 5.41) is 12.6. The van der Waals surface area contributed by atoms with E-state index in [9.17, 15) is 14.7 Å². The highest BCUT2D eigenvalue weighted by Gasteiger charge is 2.22. The van der Waals surface area contributed by atoms with Crippen molar-refractivity contribution in [2.24, 2.45) is 7.05 Å². The van der Waals surface area contributed by atoms with Crippen LogP contribution in [0.4, 0.5) is 0 Å². The minimum Gasteiger partial charge on any atom is -0.467 e. The van der Waals surface area contributed by atoms with E-state index in [4.69, 9.17) is 4.42 Å². The first-order chi connectivity index (χ1) is 11.0. The Morgan fingerprint density at radius 2 is 2.35 bits per heavy atom. The second-order valence-electron chi connectivity index (χ2n) is 5.12. The molecular formula is C15H15N3O4S. The molecule has 2 N–H and O–H groups in total. The molecule has 1 amide bonds. The number of fused-ring (bicyclic) bond motifs is 1. The number of carbonyl (C=O) groups is 1. The van der Waals surface area contributed by atoms with E-state index >= 15 is 0 Å². The Morgan fingerprint density at radius 1 is 1.57 bits per heavy atom. The van der Waals surface area contributed by atoms with Gasteiger partial charge in [0.2, 0.25) is 0 Å². The first-order valence-electron chi connectivity index (χ1n) is 6.92. The highest BCUT2D eigenvalue weighted by atomic mass is 32.1. The monoisotopic (exact) mass is 333 g/mol. The number of hydrogen-bond donors (Lipinski definition) is 2. The van der Waals surface area contributed by atoms with Crippen molar-refractivity contribution in [1.82, 2.24) is 14.9 Å². The molecule has 0 radical (unpaired) electrons. The van der Waals surface area contributed by atoms with Crippen LogP contribution >= 0.6 is 11.3 Å². The quantitative estimate of drug-likeness (QED) is 0.751. The van der Waals surface area contributed by atoms with Crippen LogP contribution < -0.4 is 10.9 Å². The number of rotatable bonds is 4. The maximum Gasteiger partial charge on any atom is 0.262 e. The summed E-state index contributed by atoms with van der Waals surface area (Å²) in [5.41, 5.74) is 0.403. The molecule has 0 aliphatic heterocycles. The molecule has 1 unspecified atom stereocenters. The summed E-state index contributed by atoms with van der Waals surface area (Å²) in [6, 6.07) is 2.72. The van der Waals surface area contributed by atoms with E-state index < -0.39 is 6.04 Å². The summed E-state index contributed by atoms with van der Waals surface area (Å²) >= 11 is 1.16. The Labute approximate surface area is 135 Å². The number of nitrogens with one attached hydrogen (secondary N) is 1. The van der Waals surface area contributed by atoms with E-state index in [1.54, 1.807) is 26.1 Å². The van der Waals surface area contributed by atoms with Crippen molar-refractivity contribution >= 4 is 27.5 Å². The molecule has 0 bridgehead atoms. The number of amides is 1. The van der Waals surface area contributed by atoms with Gasteiger partial charge < -0.3 is 19.4 Å². The average molecular weight is 333 g/mol. The third-order valence-electron chi connectivity index (χ3n) is 3.59. The zero-order chi connectivity index (χ0) is 16.6. The number of aliphatic hydroxyl groups excluding tert-OH is 1. The number of aliphatic hydroxyl groups is 1. The van der Waals surface area contributed by atoms with E-state index in [0.717, 1.165) is 11.3 Å². The summed E-state index contributed by atoms with van der Waals surface area (Å²) in [5.74, 6) is 0.0941. The lowest BCUT2D eigenvalue weighted by Crippen LogP contribution is -2.30. The molecule has 0 aromatic carbocycles. The Morgan fingerprint density at radius 3 is 3.00 bits per heavy atom. The zero-order valence-corrected chi connectivity index (χ0v) is 13.4. The molecule has 3 heterocycles. The van der Waals surface area contributed by atoms with Crippen molar-refractivity contribution in [2.45, 2.75) is 13.0 Å². The van der Waals surface area contributed by atoms with E-state index in [1.807, 2.05) is 0 Å². The van der Waals surface area contributed by atoms with Gasteiger partial charge in [-0.2, -0.15) is 0 Å². The fourth-order valence-electron chi connectivity index (χ4n) is 2.35. The van der Waals surface area contributed by atoms with Gasteiger partial charge in [0.1, 0.15) is 16.6 Å². The van der Waals surface area contributed by atoms with Gasteiger partial charge in [-0.1, -0.05) is 0 Å². The van der Waals surface area contributed by atoms with Crippen molar-refractivity contribution in [2.75, 3.05) is 6.61 Å². The smallest absolute Gasteiger partial charge is 0.262 e. The number of thiophene rings is 1. The minimum absolute atomic E-state index is 0.187. The van der Waals surface area contributed by atoms with Gasteiger partial charge in [0, 0.05) is 7.05 Å². The molecule has 3 rings (SSSR count). The topological polar surface area (TPSA) is 97.4 Å². The molecular weight excluding hydrogens is 318 g/mol. The lowest BCUT2D eigenvalue weighted by molar-refractivity contribution is 0.0911. The van der Waals surface area contributed by atoms with Crippen LogP contribution in [0.1, 0.15) is 27.0 Å². The van der Waals surface area contributed by atoms with Crippen molar-refractivity contribution in [3.8, 4) is 0 Å². The molecule has 0 saturated carbocycles. The van der Waals surface area contributed by atoms with Gasteiger partial charge in [-0.15, -0.1) is 11.3 Å². The summed E-state index contributed by atoms with van der Waals surface area (Å²) in [6.07, 6.45) is 2.91. The molecule has 3 aromatic rings. The van der Waals surface area contributed by atoms with E-state index in [2.05, 4.69) is 10.3 Å².